The van der Waals surface area contributed by atoms with Crippen molar-refractivity contribution in [1.29, 1.82) is 0 Å². The molecule has 0 amide bonds. The predicted molar refractivity (Wildman–Crippen MR) is 69.3 cm³/mol. The average Bonchev–Trinajstić information content (AvgIpc) is 2.30. The zero-order valence-electron chi connectivity index (χ0n) is 10.2. The Kier molecular flexibility index (Phi) is 5.64. The summed E-state index contributed by atoms with van der Waals surface area (Å²) in [5.74, 6) is 0.890. The van der Waals surface area contributed by atoms with E-state index in [-0.39, 0.29) is 6.10 Å². The molecule has 0 radical (unpaired) electrons. The van der Waals surface area contributed by atoms with Gasteiger partial charge in [-0.2, -0.15) is 0 Å². The molecule has 0 saturated carbocycles. The van der Waals surface area contributed by atoms with E-state index >= 15 is 0 Å². The van der Waals surface area contributed by atoms with Crippen molar-refractivity contribution >= 4 is 11.6 Å². The molecule has 0 aliphatic rings. The maximum absolute atomic E-state index is 5.89. The summed E-state index contributed by atoms with van der Waals surface area (Å²) in [6, 6.07) is 7.54. The van der Waals surface area contributed by atoms with Gasteiger partial charge >= 0.3 is 0 Å². The van der Waals surface area contributed by atoms with E-state index in [1.165, 1.54) is 0 Å². The van der Waals surface area contributed by atoms with Crippen LogP contribution < -0.4 is 4.74 Å². The van der Waals surface area contributed by atoms with Crippen molar-refractivity contribution in [2.24, 2.45) is 0 Å². The summed E-state index contributed by atoms with van der Waals surface area (Å²) in [5.41, 5.74) is 0. The molecular formula is C13H20ClNO. The molecule has 1 aromatic rings. The molecule has 0 heterocycles. The van der Waals surface area contributed by atoms with E-state index in [1.807, 2.05) is 24.3 Å². The lowest BCUT2D eigenvalue weighted by Crippen LogP contribution is -2.32. The predicted octanol–water partition coefficient (Wildman–Crippen LogP) is 3.45. The molecule has 16 heavy (non-hydrogen) atoms. The summed E-state index contributed by atoms with van der Waals surface area (Å²) in [6.45, 7) is 6.29. The number of benzene rings is 1. The van der Waals surface area contributed by atoms with Crippen LogP contribution in [0.5, 0.6) is 5.75 Å². The molecule has 0 bridgehead atoms. The van der Waals surface area contributed by atoms with E-state index in [4.69, 9.17) is 16.3 Å². The lowest BCUT2D eigenvalue weighted by atomic mass is 10.2. The fraction of sp³-hybridized carbons (Fsp3) is 0.538. The molecule has 3 heteroatoms. The van der Waals surface area contributed by atoms with Crippen molar-refractivity contribution < 1.29 is 4.74 Å². The van der Waals surface area contributed by atoms with E-state index in [9.17, 15) is 0 Å². The van der Waals surface area contributed by atoms with Crippen molar-refractivity contribution in [3.63, 3.8) is 0 Å². The van der Waals surface area contributed by atoms with Crippen LogP contribution in [-0.2, 0) is 0 Å². The minimum atomic E-state index is 0.242. The topological polar surface area (TPSA) is 12.5 Å². The Morgan fingerprint density at radius 1 is 1.25 bits per heavy atom. The normalized spacial score (nSPS) is 12.8. The Bertz CT molecular complexity index is 299. The summed E-state index contributed by atoms with van der Waals surface area (Å²) < 4.78 is 5.89. The highest BCUT2D eigenvalue weighted by molar-refractivity contribution is 6.30. The molecule has 0 spiro atoms. The first-order chi connectivity index (χ1) is 7.65. The number of ether oxygens (including phenoxy) is 1. The van der Waals surface area contributed by atoms with Gasteiger partial charge < -0.3 is 9.64 Å². The van der Waals surface area contributed by atoms with Gasteiger partial charge in [0.1, 0.15) is 11.9 Å². The monoisotopic (exact) mass is 241 g/mol. The van der Waals surface area contributed by atoms with E-state index in [0.29, 0.717) is 0 Å². The highest BCUT2D eigenvalue weighted by atomic mass is 35.5. The van der Waals surface area contributed by atoms with Gasteiger partial charge in [0.05, 0.1) is 0 Å². The molecule has 0 aliphatic carbocycles. The smallest absolute Gasteiger partial charge is 0.119 e. The Morgan fingerprint density at radius 3 is 2.38 bits per heavy atom. The van der Waals surface area contributed by atoms with Crippen LogP contribution in [-0.4, -0.2) is 31.1 Å². The molecule has 1 unspecified atom stereocenters. The molecule has 0 N–H and O–H groups in total. The summed E-state index contributed by atoms with van der Waals surface area (Å²) in [6.07, 6.45) is 1.25. The summed E-state index contributed by atoms with van der Waals surface area (Å²) in [5, 5.41) is 0.742. The standard InChI is InChI=1S/C13H20ClNO/c1-4-12(10-15(3)5-2)16-13-8-6-11(14)7-9-13/h6-9,12H,4-5,10H2,1-3H3. The lowest BCUT2D eigenvalue weighted by molar-refractivity contribution is 0.147. The van der Waals surface area contributed by atoms with Gasteiger partial charge in [-0.25, -0.2) is 0 Å². The summed E-state index contributed by atoms with van der Waals surface area (Å²) in [4.78, 5) is 2.25. The Hall–Kier alpha value is -0.730. The van der Waals surface area contributed by atoms with Gasteiger partial charge in [-0.1, -0.05) is 25.4 Å². The average molecular weight is 242 g/mol. The second-order valence-electron chi connectivity index (χ2n) is 3.96. The number of likely N-dealkylation sites (N-methyl/N-ethyl adjacent to an activating group) is 1. The quantitative estimate of drug-likeness (QED) is 0.757. The van der Waals surface area contributed by atoms with Crippen LogP contribution in [0.4, 0.5) is 0 Å². The van der Waals surface area contributed by atoms with E-state index < -0.39 is 0 Å². The van der Waals surface area contributed by atoms with Crippen LogP contribution in [0, 0.1) is 0 Å². The maximum atomic E-state index is 5.89. The SMILES string of the molecule is CCC(CN(C)CC)Oc1ccc(Cl)cc1. The van der Waals surface area contributed by atoms with Crippen molar-refractivity contribution in [3.8, 4) is 5.75 Å². The molecule has 90 valence electrons. The molecular weight excluding hydrogens is 222 g/mol. The van der Waals surface area contributed by atoms with Gasteiger partial charge in [-0.15, -0.1) is 0 Å². The number of nitrogens with zero attached hydrogens (tertiary/aromatic N) is 1. The number of rotatable bonds is 6. The maximum Gasteiger partial charge on any atom is 0.119 e. The molecule has 1 rings (SSSR count). The van der Waals surface area contributed by atoms with Crippen LogP contribution in [0.1, 0.15) is 20.3 Å². The first-order valence-corrected chi connectivity index (χ1v) is 6.14. The minimum absolute atomic E-state index is 0.242. The van der Waals surface area contributed by atoms with Gasteiger partial charge in [0.2, 0.25) is 0 Å². The van der Waals surface area contributed by atoms with Crippen molar-refractivity contribution in [1.82, 2.24) is 4.90 Å². The fourth-order valence-electron chi connectivity index (χ4n) is 1.43. The Morgan fingerprint density at radius 2 is 1.88 bits per heavy atom. The number of hydrogen-bond donors (Lipinski definition) is 0. The zero-order valence-corrected chi connectivity index (χ0v) is 11.0. The summed E-state index contributed by atoms with van der Waals surface area (Å²) in [7, 11) is 2.11. The molecule has 1 aromatic carbocycles. The van der Waals surface area contributed by atoms with Gasteiger partial charge in [-0.05, 0) is 44.3 Å². The largest absolute Gasteiger partial charge is 0.489 e. The van der Waals surface area contributed by atoms with Gasteiger partial charge in [-0.3, -0.25) is 0 Å². The molecule has 0 saturated heterocycles. The van der Waals surface area contributed by atoms with Crippen LogP contribution >= 0.6 is 11.6 Å². The molecule has 0 aliphatic heterocycles. The Labute approximate surface area is 103 Å². The van der Waals surface area contributed by atoms with Crippen LogP contribution in [0.3, 0.4) is 0 Å². The second kappa shape index (κ2) is 6.77. The molecule has 0 aromatic heterocycles. The minimum Gasteiger partial charge on any atom is -0.489 e. The zero-order chi connectivity index (χ0) is 12.0. The number of hydrogen-bond acceptors (Lipinski definition) is 2. The molecule has 2 nitrogen and oxygen atoms in total. The summed E-state index contributed by atoms with van der Waals surface area (Å²) >= 11 is 5.83. The highest BCUT2D eigenvalue weighted by Gasteiger charge is 2.10. The Balaban J connectivity index is 2.52. The van der Waals surface area contributed by atoms with Crippen LogP contribution in [0.15, 0.2) is 24.3 Å². The second-order valence-corrected chi connectivity index (χ2v) is 4.39. The van der Waals surface area contributed by atoms with E-state index in [2.05, 4.69) is 25.8 Å². The van der Waals surface area contributed by atoms with Crippen molar-refractivity contribution in [2.75, 3.05) is 20.1 Å². The van der Waals surface area contributed by atoms with Gasteiger partial charge in [0.25, 0.3) is 0 Å². The molecule has 1 atom stereocenters. The third kappa shape index (κ3) is 4.42. The van der Waals surface area contributed by atoms with Crippen LogP contribution in [0.2, 0.25) is 5.02 Å². The number of halogens is 1. The first kappa shape index (κ1) is 13.3. The fourth-order valence-corrected chi connectivity index (χ4v) is 1.56. The van der Waals surface area contributed by atoms with Crippen molar-refractivity contribution in [3.05, 3.63) is 29.3 Å². The lowest BCUT2D eigenvalue weighted by Gasteiger charge is -2.23. The molecule has 0 fully saturated rings. The van der Waals surface area contributed by atoms with Gasteiger partial charge in [0, 0.05) is 11.6 Å². The third-order valence-electron chi connectivity index (χ3n) is 2.63. The first-order valence-electron chi connectivity index (χ1n) is 5.76. The highest BCUT2D eigenvalue weighted by Crippen LogP contribution is 2.17. The van der Waals surface area contributed by atoms with Crippen LogP contribution in [0.25, 0.3) is 0 Å². The van der Waals surface area contributed by atoms with E-state index in [0.717, 1.165) is 30.3 Å². The van der Waals surface area contributed by atoms with E-state index in [1.54, 1.807) is 0 Å². The third-order valence-corrected chi connectivity index (χ3v) is 2.88. The van der Waals surface area contributed by atoms with Gasteiger partial charge in [0.15, 0.2) is 0 Å². The van der Waals surface area contributed by atoms with Crippen molar-refractivity contribution in [2.45, 2.75) is 26.4 Å².